The van der Waals surface area contributed by atoms with Crippen LogP contribution in [0.2, 0.25) is 5.02 Å². The Morgan fingerprint density at radius 1 is 1.50 bits per heavy atom. The van der Waals surface area contributed by atoms with Crippen LogP contribution in [0.15, 0.2) is 23.2 Å². The number of carbonyl (C=O) groups is 1. The van der Waals surface area contributed by atoms with Gasteiger partial charge < -0.3 is 4.90 Å². The van der Waals surface area contributed by atoms with Gasteiger partial charge in [-0.2, -0.15) is 0 Å². The van der Waals surface area contributed by atoms with Crippen LogP contribution in [-0.2, 0) is 4.79 Å². The molecule has 2 fully saturated rings. The van der Waals surface area contributed by atoms with Crippen LogP contribution in [-0.4, -0.2) is 41.0 Å². The van der Waals surface area contributed by atoms with Crippen molar-refractivity contribution in [3.63, 3.8) is 0 Å². The van der Waals surface area contributed by atoms with Gasteiger partial charge in [0.15, 0.2) is 5.17 Å². The number of nitrogens with zero attached hydrogens (tertiary/aromatic N) is 3. The van der Waals surface area contributed by atoms with E-state index in [0.29, 0.717) is 16.8 Å². The van der Waals surface area contributed by atoms with Gasteiger partial charge in [0.25, 0.3) is 0 Å². The zero-order valence-corrected chi connectivity index (χ0v) is 14.0. The fourth-order valence-corrected chi connectivity index (χ4v) is 3.82. The molecule has 1 heterocycles. The number of amidine groups is 1. The standard InChI is InChI=1S/C15H17ClFN3OS/c1-9(21)20(13-6-3-10(16)7-12(13)17)14-8-22-15(19(14)2)18-11-4-5-11/h3,6-7,11,14H,4-5,8H2,1-2H3. The minimum absolute atomic E-state index is 0.202. The van der Waals surface area contributed by atoms with E-state index in [2.05, 4.69) is 4.99 Å². The minimum Gasteiger partial charge on any atom is -0.333 e. The molecule has 1 unspecified atom stereocenters. The zero-order valence-electron chi connectivity index (χ0n) is 12.4. The molecule has 0 bridgehead atoms. The van der Waals surface area contributed by atoms with Gasteiger partial charge in [0.05, 0.1) is 11.7 Å². The highest BCUT2D eigenvalue weighted by Crippen LogP contribution is 2.33. The first kappa shape index (κ1) is 15.6. The fraction of sp³-hybridized carbons (Fsp3) is 0.467. The average molecular weight is 342 g/mol. The lowest BCUT2D eigenvalue weighted by atomic mass is 10.2. The minimum atomic E-state index is -0.492. The van der Waals surface area contributed by atoms with Crippen molar-refractivity contribution >= 4 is 40.1 Å². The molecular formula is C15H17ClFN3OS. The first-order chi connectivity index (χ1) is 10.5. The molecule has 0 radical (unpaired) electrons. The number of aliphatic imine (C=N–C) groups is 1. The summed E-state index contributed by atoms with van der Waals surface area (Å²) in [6.45, 7) is 1.45. The van der Waals surface area contributed by atoms with Crippen molar-refractivity contribution < 1.29 is 9.18 Å². The maximum Gasteiger partial charge on any atom is 0.225 e. The van der Waals surface area contributed by atoms with Crippen molar-refractivity contribution in [2.75, 3.05) is 17.7 Å². The van der Waals surface area contributed by atoms with Gasteiger partial charge in [-0.25, -0.2) is 4.39 Å². The summed E-state index contributed by atoms with van der Waals surface area (Å²) in [5.74, 6) is -0.0241. The van der Waals surface area contributed by atoms with Gasteiger partial charge in [-0.05, 0) is 31.0 Å². The van der Waals surface area contributed by atoms with Crippen LogP contribution in [0.3, 0.4) is 0 Å². The highest BCUT2D eigenvalue weighted by Gasteiger charge is 2.36. The normalized spacial score (nSPS) is 23.2. The molecule has 1 saturated heterocycles. The van der Waals surface area contributed by atoms with E-state index in [1.807, 2.05) is 11.9 Å². The summed E-state index contributed by atoms with van der Waals surface area (Å²) in [6.07, 6.45) is 2.02. The Kier molecular flexibility index (Phi) is 4.32. The summed E-state index contributed by atoms with van der Waals surface area (Å²) in [4.78, 5) is 20.2. The number of halogens is 2. The number of hydrogen-bond acceptors (Lipinski definition) is 3. The lowest BCUT2D eigenvalue weighted by molar-refractivity contribution is -0.117. The third-order valence-corrected chi connectivity index (χ3v) is 5.11. The van der Waals surface area contributed by atoms with Crippen molar-refractivity contribution in [3.8, 4) is 0 Å². The summed E-state index contributed by atoms with van der Waals surface area (Å²) in [5, 5.41) is 1.24. The highest BCUT2D eigenvalue weighted by molar-refractivity contribution is 8.14. The summed E-state index contributed by atoms with van der Waals surface area (Å²) >= 11 is 7.41. The lowest BCUT2D eigenvalue weighted by Gasteiger charge is -2.33. The van der Waals surface area contributed by atoms with Gasteiger partial charge in [0.2, 0.25) is 5.91 Å². The molecule has 7 heteroatoms. The van der Waals surface area contributed by atoms with E-state index in [-0.39, 0.29) is 17.8 Å². The number of carbonyl (C=O) groups excluding carboxylic acids is 1. The smallest absolute Gasteiger partial charge is 0.225 e. The molecular weight excluding hydrogens is 325 g/mol. The second kappa shape index (κ2) is 6.08. The van der Waals surface area contributed by atoms with E-state index >= 15 is 0 Å². The number of amides is 1. The highest BCUT2D eigenvalue weighted by atomic mass is 35.5. The molecule has 1 amide bonds. The molecule has 0 N–H and O–H groups in total. The zero-order chi connectivity index (χ0) is 15.9. The van der Waals surface area contributed by atoms with Crippen molar-refractivity contribution in [2.45, 2.75) is 32.0 Å². The monoisotopic (exact) mass is 341 g/mol. The quantitative estimate of drug-likeness (QED) is 0.845. The van der Waals surface area contributed by atoms with E-state index in [1.165, 1.54) is 17.9 Å². The lowest BCUT2D eigenvalue weighted by Crippen LogP contribution is -2.48. The number of benzene rings is 1. The number of rotatable bonds is 3. The third kappa shape index (κ3) is 3.08. The van der Waals surface area contributed by atoms with Crippen LogP contribution >= 0.6 is 23.4 Å². The van der Waals surface area contributed by atoms with Crippen molar-refractivity contribution in [1.82, 2.24) is 4.90 Å². The van der Waals surface area contributed by atoms with Gasteiger partial charge in [0.1, 0.15) is 12.0 Å². The van der Waals surface area contributed by atoms with Gasteiger partial charge in [0, 0.05) is 24.7 Å². The first-order valence-electron chi connectivity index (χ1n) is 7.15. The number of thioether (sulfide) groups is 1. The predicted octanol–water partition coefficient (Wildman–Crippen LogP) is 3.36. The molecule has 0 spiro atoms. The van der Waals surface area contributed by atoms with Crippen molar-refractivity contribution in [1.29, 1.82) is 0 Å². The second-order valence-electron chi connectivity index (χ2n) is 5.53. The molecule has 1 aliphatic heterocycles. The molecule has 2 aliphatic rings. The Hall–Kier alpha value is -1.27. The van der Waals surface area contributed by atoms with E-state index in [0.717, 1.165) is 18.0 Å². The molecule has 118 valence electrons. The van der Waals surface area contributed by atoms with E-state index < -0.39 is 5.82 Å². The maximum atomic E-state index is 14.2. The molecule has 0 aromatic heterocycles. The van der Waals surface area contributed by atoms with Gasteiger partial charge in [-0.1, -0.05) is 23.4 Å². The molecule has 1 saturated carbocycles. The summed E-state index contributed by atoms with van der Waals surface area (Å²) < 4.78 is 14.2. The SMILES string of the molecule is CC(=O)N(c1ccc(Cl)cc1F)C1CSC(=NC2CC2)N1C. The summed E-state index contributed by atoms with van der Waals surface area (Å²) in [7, 11) is 1.90. The Labute approximate surface area is 138 Å². The molecule has 3 rings (SSSR count). The summed E-state index contributed by atoms with van der Waals surface area (Å²) in [6, 6.07) is 4.79. The van der Waals surface area contributed by atoms with E-state index in [1.54, 1.807) is 23.9 Å². The molecule has 4 nitrogen and oxygen atoms in total. The second-order valence-corrected chi connectivity index (χ2v) is 6.95. The molecule has 22 heavy (non-hydrogen) atoms. The predicted molar refractivity (Wildman–Crippen MR) is 89.0 cm³/mol. The Morgan fingerprint density at radius 2 is 2.23 bits per heavy atom. The Bertz CT molecular complexity index is 635. The van der Waals surface area contributed by atoms with E-state index in [9.17, 15) is 9.18 Å². The maximum absolute atomic E-state index is 14.2. The number of anilines is 1. The van der Waals surface area contributed by atoms with Crippen LogP contribution in [0.1, 0.15) is 19.8 Å². The largest absolute Gasteiger partial charge is 0.333 e. The first-order valence-corrected chi connectivity index (χ1v) is 8.52. The summed E-state index contributed by atoms with van der Waals surface area (Å²) in [5.41, 5.74) is 0.252. The molecule has 1 atom stereocenters. The average Bonchev–Trinajstić information content (AvgIpc) is 3.19. The molecule has 1 aliphatic carbocycles. The Morgan fingerprint density at radius 3 is 2.82 bits per heavy atom. The van der Waals surface area contributed by atoms with Crippen LogP contribution in [0.25, 0.3) is 0 Å². The Balaban J connectivity index is 1.90. The van der Waals surface area contributed by atoms with Gasteiger partial charge >= 0.3 is 0 Å². The van der Waals surface area contributed by atoms with Crippen molar-refractivity contribution in [3.05, 3.63) is 29.0 Å². The number of hydrogen-bond donors (Lipinski definition) is 0. The van der Waals surface area contributed by atoms with Crippen LogP contribution in [0, 0.1) is 5.82 Å². The van der Waals surface area contributed by atoms with Gasteiger partial charge in [-0.15, -0.1) is 0 Å². The van der Waals surface area contributed by atoms with Gasteiger partial charge in [-0.3, -0.25) is 14.7 Å². The van der Waals surface area contributed by atoms with Crippen LogP contribution < -0.4 is 4.90 Å². The van der Waals surface area contributed by atoms with Crippen LogP contribution in [0.4, 0.5) is 10.1 Å². The molecule has 1 aromatic rings. The van der Waals surface area contributed by atoms with Crippen molar-refractivity contribution in [2.24, 2.45) is 4.99 Å². The van der Waals surface area contributed by atoms with Crippen LogP contribution in [0.5, 0.6) is 0 Å². The third-order valence-electron chi connectivity index (χ3n) is 3.76. The molecule has 1 aromatic carbocycles. The van der Waals surface area contributed by atoms with E-state index in [4.69, 9.17) is 11.6 Å². The fourth-order valence-electron chi connectivity index (χ4n) is 2.44. The topological polar surface area (TPSA) is 35.9 Å².